The molecule has 1 aromatic heterocycles. The first kappa shape index (κ1) is 13.8. The van der Waals surface area contributed by atoms with Crippen molar-refractivity contribution in [2.75, 3.05) is 0 Å². The van der Waals surface area contributed by atoms with Crippen LogP contribution < -0.4 is 0 Å². The molecule has 0 amide bonds. The Bertz CT molecular complexity index is 765. The van der Waals surface area contributed by atoms with Crippen molar-refractivity contribution in [3.05, 3.63) is 57.7 Å². The molecular weight excluding hydrogens is 390 g/mol. The summed E-state index contributed by atoms with van der Waals surface area (Å²) in [7, 11) is 0. The zero-order valence-corrected chi connectivity index (χ0v) is 13.6. The van der Waals surface area contributed by atoms with Crippen molar-refractivity contribution in [1.82, 2.24) is 9.55 Å². The van der Waals surface area contributed by atoms with Crippen LogP contribution in [0.5, 0.6) is 0 Å². The third-order valence-electron chi connectivity index (χ3n) is 3.08. The lowest BCUT2D eigenvalue weighted by atomic mass is 10.2. The van der Waals surface area contributed by atoms with Crippen LogP contribution in [0.25, 0.3) is 16.7 Å². The molecule has 5 heteroatoms. The van der Waals surface area contributed by atoms with Gasteiger partial charge in [-0.15, -0.1) is 11.6 Å². The molecular formula is C15H11ClFIN2. The molecule has 2 nitrogen and oxygen atoms in total. The number of halogens is 3. The molecule has 0 aliphatic rings. The lowest BCUT2D eigenvalue weighted by molar-refractivity contribution is 0.629. The fourth-order valence-corrected chi connectivity index (χ4v) is 2.71. The van der Waals surface area contributed by atoms with Crippen LogP contribution in [-0.2, 0) is 0 Å². The number of aromatic nitrogens is 2. The highest BCUT2D eigenvalue weighted by molar-refractivity contribution is 14.1. The van der Waals surface area contributed by atoms with E-state index in [1.807, 2.05) is 35.8 Å². The minimum absolute atomic E-state index is 0.260. The van der Waals surface area contributed by atoms with Gasteiger partial charge in [-0.1, -0.05) is 0 Å². The quantitative estimate of drug-likeness (QED) is 0.434. The molecule has 3 aromatic rings. The monoisotopic (exact) mass is 400 g/mol. The molecule has 0 saturated carbocycles. The maximum atomic E-state index is 13.4. The number of nitrogens with zero attached hydrogens (tertiary/aromatic N) is 2. The van der Waals surface area contributed by atoms with Crippen molar-refractivity contribution < 1.29 is 4.39 Å². The van der Waals surface area contributed by atoms with Crippen LogP contribution in [0.15, 0.2) is 42.5 Å². The predicted octanol–water partition coefficient (Wildman–Crippen LogP) is 5.07. The van der Waals surface area contributed by atoms with Crippen LogP contribution in [0.2, 0.25) is 0 Å². The van der Waals surface area contributed by atoms with E-state index in [1.165, 1.54) is 12.1 Å². The van der Waals surface area contributed by atoms with Crippen molar-refractivity contribution in [1.29, 1.82) is 0 Å². The zero-order chi connectivity index (χ0) is 14.3. The second kappa shape index (κ2) is 5.33. The van der Waals surface area contributed by atoms with E-state index in [-0.39, 0.29) is 11.2 Å². The summed E-state index contributed by atoms with van der Waals surface area (Å²) in [6, 6.07) is 12.7. The molecule has 1 atom stereocenters. The molecule has 0 bridgehead atoms. The number of rotatable bonds is 2. The molecule has 0 aliphatic carbocycles. The SMILES string of the molecule is CC(Cl)c1nc2cc(F)ccc2n1-c1ccc(I)cc1. The van der Waals surface area contributed by atoms with Gasteiger partial charge in [0.25, 0.3) is 0 Å². The molecule has 102 valence electrons. The highest BCUT2D eigenvalue weighted by Crippen LogP contribution is 2.28. The molecule has 1 heterocycles. The third kappa shape index (κ3) is 2.42. The highest BCUT2D eigenvalue weighted by Gasteiger charge is 2.16. The Balaban J connectivity index is 2.31. The summed E-state index contributed by atoms with van der Waals surface area (Å²) in [6.45, 7) is 1.86. The van der Waals surface area contributed by atoms with Gasteiger partial charge in [0.05, 0.1) is 16.4 Å². The average molecular weight is 401 g/mol. The summed E-state index contributed by atoms with van der Waals surface area (Å²) in [5, 5.41) is -0.260. The molecule has 20 heavy (non-hydrogen) atoms. The molecule has 0 radical (unpaired) electrons. The second-order valence-electron chi connectivity index (χ2n) is 4.53. The molecule has 0 fully saturated rings. The summed E-state index contributed by atoms with van der Waals surface area (Å²) in [4.78, 5) is 4.46. The Morgan fingerprint density at radius 3 is 2.55 bits per heavy atom. The lowest BCUT2D eigenvalue weighted by Gasteiger charge is -2.10. The van der Waals surface area contributed by atoms with E-state index in [4.69, 9.17) is 11.6 Å². The van der Waals surface area contributed by atoms with Gasteiger partial charge in [0, 0.05) is 15.3 Å². The van der Waals surface area contributed by atoms with E-state index in [1.54, 1.807) is 6.07 Å². The molecule has 0 spiro atoms. The van der Waals surface area contributed by atoms with Crippen LogP contribution in [0, 0.1) is 9.39 Å². The van der Waals surface area contributed by atoms with Crippen LogP contribution >= 0.6 is 34.2 Å². The smallest absolute Gasteiger partial charge is 0.132 e. The lowest BCUT2D eigenvalue weighted by Crippen LogP contribution is -2.01. The van der Waals surface area contributed by atoms with Crippen molar-refractivity contribution >= 4 is 45.2 Å². The first-order valence-corrected chi connectivity index (χ1v) is 7.65. The topological polar surface area (TPSA) is 17.8 Å². The average Bonchev–Trinajstić information content (AvgIpc) is 2.78. The molecule has 2 aromatic carbocycles. The van der Waals surface area contributed by atoms with Crippen LogP contribution in [-0.4, -0.2) is 9.55 Å². The first-order valence-electron chi connectivity index (χ1n) is 6.14. The van der Waals surface area contributed by atoms with E-state index in [0.29, 0.717) is 11.3 Å². The summed E-state index contributed by atoms with van der Waals surface area (Å²) >= 11 is 8.48. The Hall–Kier alpha value is -1.14. The number of alkyl halides is 1. The third-order valence-corrected chi connectivity index (χ3v) is 4.00. The number of fused-ring (bicyclic) bond motifs is 1. The van der Waals surface area contributed by atoms with E-state index in [9.17, 15) is 4.39 Å². The zero-order valence-electron chi connectivity index (χ0n) is 10.6. The molecule has 0 aliphatic heterocycles. The van der Waals surface area contributed by atoms with Gasteiger partial charge in [-0.25, -0.2) is 9.37 Å². The fraction of sp³-hybridized carbons (Fsp3) is 0.133. The number of hydrogen-bond donors (Lipinski definition) is 0. The van der Waals surface area contributed by atoms with Gasteiger partial charge in [-0.05, 0) is 65.9 Å². The van der Waals surface area contributed by atoms with Gasteiger partial charge in [0.2, 0.25) is 0 Å². The summed E-state index contributed by atoms with van der Waals surface area (Å²) < 4.78 is 16.5. The Morgan fingerprint density at radius 2 is 1.90 bits per heavy atom. The van der Waals surface area contributed by atoms with E-state index < -0.39 is 0 Å². The maximum absolute atomic E-state index is 13.4. The Morgan fingerprint density at radius 1 is 1.20 bits per heavy atom. The maximum Gasteiger partial charge on any atom is 0.132 e. The Kier molecular flexibility index (Phi) is 3.69. The summed E-state index contributed by atoms with van der Waals surface area (Å²) in [6.07, 6.45) is 0. The predicted molar refractivity (Wildman–Crippen MR) is 88.0 cm³/mol. The van der Waals surface area contributed by atoms with Crippen LogP contribution in [0.4, 0.5) is 4.39 Å². The van der Waals surface area contributed by atoms with Crippen LogP contribution in [0.1, 0.15) is 18.1 Å². The van der Waals surface area contributed by atoms with E-state index in [0.717, 1.165) is 14.8 Å². The van der Waals surface area contributed by atoms with Gasteiger partial charge in [-0.3, -0.25) is 4.57 Å². The molecule has 0 saturated heterocycles. The largest absolute Gasteiger partial charge is 0.295 e. The molecule has 1 unspecified atom stereocenters. The minimum atomic E-state index is -0.293. The van der Waals surface area contributed by atoms with Crippen molar-refractivity contribution in [2.24, 2.45) is 0 Å². The van der Waals surface area contributed by atoms with Crippen molar-refractivity contribution in [3.8, 4) is 5.69 Å². The highest BCUT2D eigenvalue weighted by atomic mass is 127. The van der Waals surface area contributed by atoms with Gasteiger partial charge in [0.15, 0.2) is 0 Å². The van der Waals surface area contributed by atoms with E-state index >= 15 is 0 Å². The molecule has 3 rings (SSSR count). The van der Waals surface area contributed by atoms with Gasteiger partial charge >= 0.3 is 0 Å². The number of benzene rings is 2. The van der Waals surface area contributed by atoms with Crippen molar-refractivity contribution in [2.45, 2.75) is 12.3 Å². The summed E-state index contributed by atoms with van der Waals surface area (Å²) in [5.41, 5.74) is 2.45. The van der Waals surface area contributed by atoms with Gasteiger partial charge in [0.1, 0.15) is 11.6 Å². The minimum Gasteiger partial charge on any atom is -0.295 e. The Labute approximate surface area is 134 Å². The summed E-state index contributed by atoms with van der Waals surface area (Å²) in [5.74, 6) is 0.423. The number of hydrogen-bond acceptors (Lipinski definition) is 1. The van der Waals surface area contributed by atoms with Gasteiger partial charge in [-0.2, -0.15) is 0 Å². The standard InChI is InChI=1S/C15H11ClFIN2/c1-9(16)15-19-13-8-10(17)2-7-14(13)20(15)12-5-3-11(18)4-6-12/h2-9H,1H3. The van der Waals surface area contributed by atoms with E-state index in [2.05, 4.69) is 27.6 Å². The second-order valence-corrected chi connectivity index (χ2v) is 6.43. The van der Waals surface area contributed by atoms with Crippen molar-refractivity contribution in [3.63, 3.8) is 0 Å². The number of imidazole rings is 1. The normalized spacial score (nSPS) is 12.8. The van der Waals surface area contributed by atoms with Gasteiger partial charge < -0.3 is 0 Å². The fourth-order valence-electron chi connectivity index (χ4n) is 2.20. The first-order chi connectivity index (χ1) is 9.56. The molecule has 0 N–H and O–H groups in total. The van der Waals surface area contributed by atoms with Crippen LogP contribution in [0.3, 0.4) is 0 Å².